The van der Waals surface area contributed by atoms with Crippen molar-refractivity contribution in [2.45, 2.75) is 51.2 Å². The van der Waals surface area contributed by atoms with Crippen LogP contribution in [0.3, 0.4) is 0 Å². The maximum Gasteiger partial charge on any atom is 0.191 e. The number of benzene rings is 1. The van der Waals surface area contributed by atoms with Gasteiger partial charge in [-0.05, 0) is 24.0 Å². The molecule has 1 aromatic rings. The largest absolute Gasteiger partial charge is 0.379 e. The highest BCUT2D eigenvalue weighted by Gasteiger charge is 2.14. The van der Waals surface area contributed by atoms with Gasteiger partial charge in [-0.1, -0.05) is 43.5 Å². The van der Waals surface area contributed by atoms with Crippen LogP contribution in [0.5, 0.6) is 0 Å². The molecule has 2 aliphatic rings. The third kappa shape index (κ3) is 7.04. The van der Waals surface area contributed by atoms with Crippen molar-refractivity contribution < 1.29 is 4.74 Å². The Morgan fingerprint density at radius 1 is 1.15 bits per heavy atom. The number of hydrogen-bond acceptors (Lipinski definition) is 3. The number of aliphatic imine (C=N–C) groups is 1. The summed E-state index contributed by atoms with van der Waals surface area (Å²) in [6.07, 6.45) is 6.56. The highest BCUT2D eigenvalue weighted by Crippen LogP contribution is 2.17. The highest BCUT2D eigenvalue weighted by atomic mass is 127. The van der Waals surface area contributed by atoms with E-state index in [0.717, 1.165) is 45.4 Å². The monoisotopic (exact) mass is 472 g/mol. The quantitative estimate of drug-likeness (QED) is 0.393. The Hall–Kier alpha value is -0.860. The van der Waals surface area contributed by atoms with E-state index in [4.69, 9.17) is 4.74 Å². The van der Waals surface area contributed by atoms with E-state index in [1.54, 1.807) is 0 Å². The molecule has 0 atom stereocenters. The second-order valence-corrected chi connectivity index (χ2v) is 7.11. The Morgan fingerprint density at radius 3 is 2.62 bits per heavy atom. The molecule has 5 nitrogen and oxygen atoms in total. The maximum absolute atomic E-state index is 5.43. The molecule has 1 saturated carbocycles. The summed E-state index contributed by atoms with van der Waals surface area (Å²) < 4.78 is 5.43. The first-order valence-electron chi connectivity index (χ1n) is 9.68. The molecule has 0 bridgehead atoms. The minimum absolute atomic E-state index is 0. The summed E-state index contributed by atoms with van der Waals surface area (Å²) in [6, 6.07) is 9.44. The molecule has 1 aliphatic carbocycles. The highest BCUT2D eigenvalue weighted by molar-refractivity contribution is 14.0. The maximum atomic E-state index is 5.43. The summed E-state index contributed by atoms with van der Waals surface area (Å²) in [7, 11) is 1.85. The van der Waals surface area contributed by atoms with Gasteiger partial charge in [-0.15, -0.1) is 24.0 Å². The first kappa shape index (κ1) is 21.4. The van der Waals surface area contributed by atoms with Gasteiger partial charge in [-0.3, -0.25) is 9.89 Å². The van der Waals surface area contributed by atoms with Gasteiger partial charge in [-0.2, -0.15) is 0 Å². The van der Waals surface area contributed by atoms with Crippen molar-refractivity contribution in [2.75, 3.05) is 33.4 Å². The van der Waals surface area contributed by atoms with E-state index in [0.29, 0.717) is 6.04 Å². The molecule has 0 unspecified atom stereocenters. The minimum atomic E-state index is 0. The number of guanidine groups is 1. The van der Waals surface area contributed by atoms with Crippen molar-refractivity contribution in [2.24, 2.45) is 4.99 Å². The molecule has 1 aromatic carbocycles. The molecule has 0 spiro atoms. The van der Waals surface area contributed by atoms with Crippen molar-refractivity contribution in [1.29, 1.82) is 0 Å². The fraction of sp³-hybridized carbons (Fsp3) is 0.650. The predicted octanol–water partition coefficient (Wildman–Crippen LogP) is 3.13. The minimum Gasteiger partial charge on any atom is -0.379 e. The van der Waals surface area contributed by atoms with Crippen LogP contribution in [-0.4, -0.2) is 50.3 Å². The topological polar surface area (TPSA) is 48.9 Å². The van der Waals surface area contributed by atoms with Crippen LogP contribution in [0, 0.1) is 0 Å². The predicted molar refractivity (Wildman–Crippen MR) is 118 cm³/mol. The van der Waals surface area contributed by atoms with Gasteiger partial charge < -0.3 is 15.4 Å². The summed E-state index contributed by atoms with van der Waals surface area (Å²) in [5.41, 5.74) is 2.67. The normalized spacial score (nSPS) is 19.7. The zero-order chi connectivity index (χ0) is 17.3. The molecule has 0 aromatic heterocycles. The lowest BCUT2D eigenvalue weighted by atomic mass is 9.96. The van der Waals surface area contributed by atoms with Gasteiger partial charge in [0.2, 0.25) is 0 Å². The SMILES string of the molecule is CN=C(NCc1cccc(CN2CCOCC2)c1)NC1CCCCC1.I. The lowest BCUT2D eigenvalue weighted by molar-refractivity contribution is 0.0342. The third-order valence-electron chi connectivity index (χ3n) is 5.13. The van der Waals surface area contributed by atoms with E-state index in [-0.39, 0.29) is 24.0 Å². The summed E-state index contributed by atoms with van der Waals surface area (Å²) in [5, 5.41) is 7.04. The molecule has 3 rings (SSSR count). The smallest absolute Gasteiger partial charge is 0.191 e. The average molecular weight is 472 g/mol. The van der Waals surface area contributed by atoms with E-state index in [1.165, 1.54) is 43.2 Å². The Balaban J connectivity index is 0.00000243. The lowest BCUT2D eigenvalue weighted by Gasteiger charge is -2.26. The summed E-state index contributed by atoms with van der Waals surface area (Å²) in [6.45, 7) is 5.57. The number of rotatable bonds is 5. The van der Waals surface area contributed by atoms with E-state index < -0.39 is 0 Å². The number of halogens is 1. The van der Waals surface area contributed by atoms with Gasteiger partial charge in [-0.25, -0.2) is 0 Å². The summed E-state index contributed by atoms with van der Waals surface area (Å²) in [5.74, 6) is 0.922. The van der Waals surface area contributed by atoms with Gasteiger partial charge >= 0.3 is 0 Å². The Labute approximate surface area is 175 Å². The van der Waals surface area contributed by atoms with E-state index >= 15 is 0 Å². The van der Waals surface area contributed by atoms with Crippen molar-refractivity contribution in [3.63, 3.8) is 0 Å². The van der Waals surface area contributed by atoms with Crippen LogP contribution in [0.1, 0.15) is 43.2 Å². The lowest BCUT2D eigenvalue weighted by Crippen LogP contribution is -2.43. The number of morpholine rings is 1. The molecule has 0 amide bonds. The standard InChI is InChI=1S/C20H32N4O.HI/c1-21-20(23-19-8-3-2-4-9-19)22-15-17-6-5-7-18(14-17)16-24-10-12-25-13-11-24;/h5-7,14,19H,2-4,8-13,15-16H2,1H3,(H2,21,22,23);1H. The third-order valence-corrected chi connectivity index (χ3v) is 5.13. The van der Waals surface area contributed by atoms with Gasteiger partial charge in [0.25, 0.3) is 0 Å². The van der Waals surface area contributed by atoms with Crippen molar-refractivity contribution in [3.8, 4) is 0 Å². The van der Waals surface area contributed by atoms with Gasteiger partial charge in [0.15, 0.2) is 5.96 Å². The van der Waals surface area contributed by atoms with E-state index in [2.05, 4.69) is 44.8 Å². The number of nitrogens with one attached hydrogen (secondary N) is 2. The van der Waals surface area contributed by atoms with Crippen LogP contribution in [0.15, 0.2) is 29.3 Å². The van der Waals surface area contributed by atoms with Gasteiger partial charge in [0, 0.05) is 39.3 Å². The van der Waals surface area contributed by atoms with Crippen LogP contribution in [-0.2, 0) is 17.8 Å². The summed E-state index contributed by atoms with van der Waals surface area (Å²) >= 11 is 0. The molecule has 146 valence electrons. The van der Waals surface area contributed by atoms with Crippen LogP contribution in [0.25, 0.3) is 0 Å². The van der Waals surface area contributed by atoms with Crippen LogP contribution < -0.4 is 10.6 Å². The summed E-state index contributed by atoms with van der Waals surface area (Å²) in [4.78, 5) is 6.84. The second-order valence-electron chi connectivity index (χ2n) is 7.11. The van der Waals surface area contributed by atoms with Gasteiger partial charge in [0.05, 0.1) is 13.2 Å². The second kappa shape index (κ2) is 11.8. The number of ether oxygens (including phenoxy) is 1. The fourth-order valence-corrected chi connectivity index (χ4v) is 3.68. The van der Waals surface area contributed by atoms with Gasteiger partial charge in [0.1, 0.15) is 0 Å². The molecule has 6 heteroatoms. The molecule has 26 heavy (non-hydrogen) atoms. The first-order chi connectivity index (χ1) is 12.3. The molecule has 0 radical (unpaired) electrons. The number of hydrogen-bond donors (Lipinski definition) is 2. The van der Waals surface area contributed by atoms with Crippen LogP contribution >= 0.6 is 24.0 Å². The van der Waals surface area contributed by atoms with Crippen molar-refractivity contribution in [3.05, 3.63) is 35.4 Å². The van der Waals surface area contributed by atoms with Crippen LogP contribution in [0.4, 0.5) is 0 Å². The molecule has 1 aliphatic heterocycles. The van der Waals surface area contributed by atoms with Crippen LogP contribution in [0.2, 0.25) is 0 Å². The molecule has 1 saturated heterocycles. The van der Waals surface area contributed by atoms with Crippen molar-refractivity contribution >= 4 is 29.9 Å². The molecular weight excluding hydrogens is 439 g/mol. The molecular formula is C20H33IN4O. The van der Waals surface area contributed by atoms with Crippen molar-refractivity contribution in [1.82, 2.24) is 15.5 Å². The van der Waals surface area contributed by atoms with E-state index in [1.807, 2.05) is 7.05 Å². The molecule has 1 heterocycles. The Kier molecular flexibility index (Phi) is 9.71. The van der Waals surface area contributed by atoms with E-state index in [9.17, 15) is 0 Å². The molecule has 2 N–H and O–H groups in total. The first-order valence-corrected chi connectivity index (χ1v) is 9.68. The Morgan fingerprint density at radius 2 is 1.88 bits per heavy atom. The zero-order valence-electron chi connectivity index (χ0n) is 15.9. The average Bonchev–Trinajstić information content (AvgIpc) is 2.67. The number of nitrogens with zero attached hydrogens (tertiary/aromatic N) is 2. The zero-order valence-corrected chi connectivity index (χ0v) is 18.2. The molecule has 2 fully saturated rings. The fourth-order valence-electron chi connectivity index (χ4n) is 3.68. The Bertz CT molecular complexity index is 554.